The molecule has 1 heterocycles. The number of nitrogens with zero attached hydrogens (tertiary/aromatic N) is 1. The lowest BCUT2D eigenvalue weighted by atomic mass is 9.84. The summed E-state index contributed by atoms with van der Waals surface area (Å²) in [5.41, 5.74) is 0. The van der Waals surface area contributed by atoms with Crippen molar-refractivity contribution in [3.8, 4) is 0 Å². The third-order valence-electron chi connectivity index (χ3n) is 4.19. The van der Waals surface area contributed by atoms with Crippen molar-refractivity contribution < 1.29 is 4.79 Å². The van der Waals surface area contributed by atoms with Crippen LogP contribution in [-0.4, -0.2) is 36.0 Å². The van der Waals surface area contributed by atoms with E-state index in [0.29, 0.717) is 23.9 Å². The van der Waals surface area contributed by atoms with Gasteiger partial charge in [-0.05, 0) is 46.1 Å². The normalized spacial score (nSPS) is 25.7. The van der Waals surface area contributed by atoms with Crippen molar-refractivity contribution >= 4 is 5.91 Å². The summed E-state index contributed by atoms with van der Waals surface area (Å²) >= 11 is 0. The van der Waals surface area contributed by atoms with Crippen molar-refractivity contribution in [3.05, 3.63) is 0 Å². The highest BCUT2D eigenvalue weighted by atomic mass is 16.2. The van der Waals surface area contributed by atoms with Gasteiger partial charge in [-0.1, -0.05) is 12.8 Å². The lowest BCUT2D eigenvalue weighted by Gasteiger charge is -2.37. The molecular weight excluding hydrogens is 212 g/mol. The molecule has 1 N–H and O–H groups in total. The first kappa shape index (κ1) is 12.9. The van der Waals surface area contributed by atoms with Gasteiger partial charge in [0.25, 0.3) is 0 Å². The van der Waals surface area contributed by atoms with E-state index in [2.05, 4.69) is 24.1 Å². The maximum absolute atomic E-state index is 12.3. The first-order valence-electron chi connectivity index (χ1n) is 7.22. The van der Waals surface area contributed by atoms with E-state index in [1.165, 1.54) is 25.7 Å². The smallest absolute Gasteiger partial charge is 0.225 e. The molecule has 1 saturated carbocycles. The highest BCUT2D eigenvalue weighted by Gasteiger charge is 2.31. The minimum Gasteiger partial charge on any atom is -0.338 e. The zero-order valence-electron chi connectivity index (χ0n) is 11.2. The van der Waals surface area contributed by atoms with E-state index in [1.54, 1.807) is 0 Å². The van der Waals surface area contributed by atoms with Crippen LogP contribution in [0.5, 0.6) is 0 Å². The fourth-order valence-corrected chi connectivity index (χ4v) is 2.76. The van der Waals surface area contributed by atoms with Crippen molar-refractivity contribution in [1.29, 1.82) is 0 Å². The van der Waals surface area contributed by atoms with E-state index in [-0.39, 0.29) is 0 Å². The van der Waals surface area contributed by atoms with Gasteiger partial charge in [0.2, 0.25) is 5.91 Å². The van der Waals surface area contributed by atoms with Gasteiger partial charge in [-0.15, -0.1) is 0 Å². The Kier molecular flexibility index (Phi) is 4.43. The number of amides is 1. The van der Waals surface area contributed by atoms with Crippen LogP contribution < -0.4 is 5.32 Å². The van der Waals surface area contributed by atoms with Crippen LogP contribution in [0.3, 0.4) is 0 Å². The molecule has 1 saturated heterocycles. The van der Waals surface area contributed by atoms with Crippen molar-refractivity contribution in [2.24, 2.45) is 5.92 Å². The van der Waals surface area contributed by atoms with Gasteiger partial charge < -0.3 is 10.2 Å². The average Bonchev–Trinajstić information content (AvgIpc) is 2.24. The van der Waals surface area contributed by atoms with E-state index < -0.39 is 0 Å². The summed E-state index contributed by atoms with van der Waals surface area (Å²) in [6, 6.07) is 0.863. The lowest BCUT2D eigenvalue weighted by molar-refractivity contribution is -0.140. The number of carbonyl (C=O) groups excluding carboxylic acids is 1. The molecule has 2 rings (SSSR count). The van der Waals surface area contributed by atoms with Crippen molar-refractivity contribution in [3.63, 3.8) is 0 Å². The van der Waals surface area contributed by atoms with Crippen molar-refractivity contribution in [1.82, 2.24) is 10.2 Å². The molecule has 1 unspecified atom stereocenters. The minimum absolute atomic E-state index is 0.334. The Bertz CT molecular complexity index is 255. The second kappa shape index (κ2) is 5.85. The molecule has 0 radical (unpaired) electrons. The Hall–Kier alpha value is -0.570. The largest absolute Gasteiger partial charge is 0.338 e. The Morgan fingerprint density at radius 2 is 2.00 bits per heavy atom. The molecule has 2 aliphatic rings. The van der Waals surface area contributed by atoms with Crippen LogP contribution in [0.1, 0.15) is 52.4 Å². The monoisotopic (exact) mass is 238 g/mol. The third kappa shape index (κ3) is 3.21. The first-order chi connectivity index (χ1) is 8.18. The third-order valence-corrected chi connectivity index (χ3v) is 4.19. The Morgan fingerprint density at radius 3 is 2.47 bits per heavy atom. The number of rotatable bonds is 4. The molecule has 0 spiro atoms. The molecule has 1 amide bonds. The summed E-state index contributed by atoms with van der Waals surface area (Å²) in [6.07, 6.45) is 7.28. The van der Waals surface area contributed by atoms with Gasteiger partial charge in [-0.25, -0.2) is 0 Å². The maximum atomic E-state index is 12.3. The fourth-order valence-electron chi connectivity index (χ4n) is 2.76. The summed E-state index contributed by atoms with van der Waals surface area (Å²) in [6.45, 7) is 6.31. The topological polar surface area (TPSA) is 32.3 Å². The molecule has 2 fully saturated rings. The molecule has 3 nitrogen and oxygen atoms in total. The highest BCUT2D eigenvalue weighted by molar-refractivity contribution is 5.79. The second-order valence-electron chi connectivity index (χ2n) is 5.86. The van der Waals surface area contributed by atoms with Crippen LogP contribution >= 0.6 is 0 Å². The van der Waals surface area contributed by atoms with Crippen molar-refractivity contribution in [2.75, 3.05) is 13.1 Å². The summed E-state index contributed by atoms with van der Waals surface area (Å²) in [4.78, 5) is 14.4. The molecule has 0 aromatic rings. The fraction of sp³-hybridized carbons (Fsp3) is 0.929. The van der Waals surface area contributed by atoms with Crippen LogP contribution in [0.4, 0.5) is 0 Å². The number of carbonyl (C=O) groups is 1. The number of piperidine rings is 1. The molecule has 1 atom stereocenters. The SMILES string of the molecule is CC(C)N(CC1CCCCN1)C(=O)C1CCC1. The van der Waals surface area contributed by atoms with Crippen molar-refractivity contribution in [2.45, 2.75) is 64.5 Å². The molecule has 1 aliphatic carbocycles. The maximum Gasteiger partial charge on any atom is 0.225 e. The van der Waals surface area contributed by atoms with Gasteiger partial charge >= 0.3 is 0 Å². The minimum atomic E-state index is 0.334. The lowest BCUT2D eigenvalue weighted by Crippen LogP contribution is -2.50. The zero-order chi connectivity index (χ0) is 12.3. The predicted molar refractivity (Wildman–Crippen MR) is 69.8 cm³/mol. The van der Waals surface area contributed by atoms with E-state index >= 15 is 0 Å². The van der Waals surface area contributed by atoms with Crippen LogP contribution in [-0.2, 0) is 4.79 Å². The number of hydrogen-bond acceptors (Lipinski definition) is 2. The summed E-state index contributed by atoms with van der Waals surface area (Å²) in [7, 11) is 0. The molecule has 3 heteroatoms. The summed E-state index contributed by atoms with van der Waals surface area (Å²) < 4.78 is 0. The molecule has 0 bridgehead atoms. The standard InChI is InChI=1S/C14H26N2O/c1-11(2)16(14(17)12-6-5-7-12)10-13-8-3-4-9-15-13/h11-13,15H,3-10H2,1-2H3. The molecule has 1 aliphatic heterocycles. The summed E-state index contributed by atoms with van der Waals surface area (Å²) in [5, 5.41) is 3.54. The van der Waals surface area contributed by atoms with E-state index in [4.69, 9.17) is 0 Å². The summed E-state index contributed by atoms with van der Waals surface area (Å²) in [5.74, 6) is 0.736. The highest BCUT2D eigenvalue weighted by Crippen LogP contribution is 2.29. The van der Waals surface area contributed by atoms with Gasteiger partial charge in [0.05, 0.1) is 0 Å². The predicted octanol–water partition coefficient (Wildman–Crippen LogP) is 2.17. The van der Waals surface area contributed by atoms with Gasteiger partial charge in [0.1, 0.15) is 0 Å². The number of hydrogen-bond donors (Lipinski definition) is 1. The quantitative estimate of drug-likeness (QED) is 0.814. The Morgan fingerprint density at radius 1 is 1.24 bits per heavy atom. The average molecular weight is 238 g/mol. The second-order valence-corrected chi connectivity index (χ2v) is 5.86. The Balaban J connectivity index is 1.89. The van der Waals surface area contributed by atoms with E-state index in [9.17, 15) is 4.79 Å². The molecule has 17 heavy (non-hydrogen) atoms. The van der Waals surface area contributed by atoms with Gasteiger partial charge in [0.15, 0.2) is 0 Å². The molecular formula is C14H26N2O. The van der Waals surface area contributed by atoms with Gasteiger partial charge in [0, 0.05) is 24.5 Å². The first-order valence-corrected chi connectivity index (χ1v) is 7.22. The van der Waals surface area contributed by atoms with E-state index in [1.807, 2.05) is 0 Å². The number of nitrogens with one attached hydrogen (secondary N) is 1. The van der Waals surface area contributed by atoms with Gasteiger partial charge in [-0.3, -0.25) is 4.79 Å². The van der Waals surface area contributed by atoms with Crippen LogP contribution in [0.15, 0.2) is 0 Å². The van der Waals surface area contributed by atoms with Crippen LogP contribution in [0.2, 0.25) is 0 Å². The Labute approximate surface area is 105 Å². The van der Waals surface area contributed by atoms with Crippen LogP contribution in [0, 0.1) is 5.92 Å². The molecule has 0 aromatic carbocycles. The van der Waals surface area contributed by atoms with Gasteiger partial charge in [-0.2, -0.15) is 0 Å². The van der Waals surface area contributed by atoms with E-state index in [0.717, 1.165) is 25.9 Å². The molecule has 0 aromatic heterocycles. The zero-order valence-corrected chi connectivity index (χ0v) is 11.2. The van der Waals surface area contributed by atoms with Crippen LogP contribution in [0.25, 0.3) is 0 Å². The molecule has 98 valence electrons.